The first-order valence-corrected chi connectivity index (χ1v) is 6.12. The first-order chi connectivity index (χ1) is 9.83. The van der Waals surface area contributed by atoms with Gasteiger partial charge in [0.2, 0.25) is 0 Å². The lowest BCUT2D eigenvalue weighted by Crippen LogP contribution is -1.88. The van der Waals surface area contributed by atoms with Crippen molar-refractivity contribution in [2.75, 3.05) is 0 Å². The number of rotatable bonds is 3. The molecule has 0 bridgehead atoms. The molecule has 20 heavy (non-hydrogen) atoms. The van der Waals surface area contributed by atoms with E-state index in [9.17, 15) is 4.39 Å². The smallest absolute Gasteiger partial charge is 0.165 e. The summed E-state index contributed by atoms with van der Waals surface area (Å²) in [6.07, 6.45) is 3.19. The maximum atomic E-state index is 13.5. The van der Waals surface area contributed by atoms with Gasteiger partial charge in [-0.1, -0.05) is 12.1 Å². The van der Waals surface area contributed by atoms with Crippen molar-refractivity contribution in [3.63, 3.8) is 0 Å². The summed E-state index contributed by atoms with van der Waals surface area (Å²) in [5.41, 5.74) is 1.78. The van der Waals surface area contributed by atoms with E-state index < -0.39 is 0 Å². The fraction of sp³-hybridized carbons (Fsp3) is 0. The third-order valence-electron chi connectivity index (χ3n) is 2.80. The van der Waals surface area contributed by atoms with Crippen LogP contribution in [0.15, 0.2) is 67.1 Å². The van der Waals surface area contributed by atoms with E-state index in [0.29, 0.717) is 5.75 Å². The first-order valence-electron chi connectivity index (χ1n) is 6.12. The largest absolute Gasteiger partial charge is 0.454 e. The third kappa shape index (κ3) is 2.64. The number of halogens is 1. The molecule has 0 unspecified atom stereocenters. The van der Waals surface area contributed by atoms with E-state index >= 15 is 0 Å². The van der Waals surface area contributed by atoms with Crippen molar-refractivity contribution in [2.45, 2.75) is 0 Å². The molecule has 1 heterocycles. The highest BCUT2D eigenvalue weighted by Gasteiger charge is 2.04. The van der Waals surface area contributed by atoms with Crippen LogP contribution in [0.5, 0.6) is 11.5 Å². The Balaban J connectivity index is 1.82. The van der Waals surface area contributed by atoms with E-state index in [0.717, 1.165) is 11.3 Å². The summed E-state index contributed by atoms with van der Waals surface area (Å²) < 4.78 is 19.0. The van der Waals surface area contributed by atoms with Crippen LogP contribution < -0.4 is 4.74 Å². The molecule has 0 aliphatic carbocycles. The molecular weight excluding hydrogens is 255 g/mol. The second-order valence-corrected chi connectivity index (χ2v) is 4.15. The second kappa shape index (κ2) is 5.48. The average Bonchev–Trinajstić information content (AvgIpc) is 2.51. The van der Waals surface area contributed by atoms with E-state index in [1.165, 1.54) is 12.4 Å². The number of benzene rings is 2. The van der Waals surface area contributed by atoms with Crippen LogP contribution in [0.4, 0.5) is 4.39 Å². The number of hydrogen-bond acceptors (Lipinski definition) is 3. The number of aromatic nitrogens is 2. The van der Waals surface area contributed by atoms with E-state index in [4.69, 9.17) is 4.74 Å². The van der Waals surface area contributed by atoms with Crippen LogP contribution >= 0.6 is 0 Å². The number of ether oxygens (including phenoxy) is 1. The first kappa shape index (κ1) is 12.3. The molecule has 3 rings (SSSR count). The summed E-state index contributed by atoms with van der Waals surface area (Å²) >= 11 is 0. The standard InChI is InChI=1S/C16H11FN2O/c17-14-3-1-2-4-16(14)20-13-7-5-12(6-8-13)15-9-10-18-11-19-15/h1-11H. The Bertz CT molecular complexity index is 699. The monoisotopic (exact) mass is 266 g/mol. The van der Waals surface area contributed by atoms with Crippen molar-refractivity contribution in [3.05, 3.63) is 72.9 Å². The molecule has 0 fully saturated rings. The Kier molecular flexibility index (Phi) is 3.37. The minimum absolute atomic E-state index is 0.210. The van der Waals surface area contributed by atoms with Gasteiger partial charge in [-0.05, 0) is 42.5 Å². The Labute approximate surface area is 115 Å². The predicted octanol–water partition coefficient (Wildman–Crippen LogP) is 4.08. The highest BCUT2D eigenvalue weighted by Crippen LogP contribution is 2.26. The minimum Gasteiger partial charge on any atom is -0.454 e. The van der Waals surface area contributed by atoms with Gasteiger partial charge in [-0.25, -0.2) is 14.4 Å². The molecule has 0 atom stereocenters. The second-order valence-electron chi connectivity index (χ2n) is 4.15. The molecule has 0 saturated heterocycles. The highest BCUT2D eigenvalue weighted by atomic mass is 19.1. The average molecular weight is 266 g/mol. The summed E-state index contributed by atoms with van der Waals surface area (Å²) in [6.45, 7) is 0. The number of hydrogen-bond donors (Lipinski definition) is 0. The van der Waals surface area contributed by atoms with Crippen molar-refractivity contribution in [1.82, 2.24) is 9.97 Å². The lowest BCUT2D eigenvalue weighted by Gasteiger charge is -2.07. The Hall–Kier alpha value is -2.75. The van der Waals surface area contributed by atoms with Crippen LogP contribution in [0.3, 0.4) is 0 Å². The molecule has 0 amide bonds. The van der Waals surface area contributed by atoms with Crippen molar-refractivity contribution < 1.29 is 9.13 Å². The normalized spacial score (nSPS) is 10.2. The molecular formula is C16H11FN2O. The van der Waals surface area contributed by atoms with Gasteiger partial charge in [-0.2, -0.15) is 0 Å². The van der Waals surface area contributed by atoms with Gasteiger partial charge in [0, 0.05) is 11.8 Å². The number of nitrogens with zero attached hydrogens (tertiary/aromatic N) is 2. The molecule has 3 nitrogen and oxygen atoms in total. The SMILES string of the molecule is Fc1ccccc1Oc1ccc(-c2ccncn2)cc1. The quantitative estimate of drug-likeness (QED) is 0.716. The van der Waals surface area contributed by atoms with Gasteiger partial charge in [0.1, 0.15) is 12.1 Å². The predicted molar refractivity (Wildman–Crippen MR) is 73.9 cm³/mol. The summed E-state index contributed by atoms with van der Waals surface area (Å²) in [6, 6.07) is 15.4. The third-order valence-corrected chi connectivity index (χ3v) is 2.80. The summed E-state index contributed by atoms with van der Waals surface area (Å²) in [5, 5.41) is 0. The van der Waals surface area contributed by atoms with Gasteiger partial charge in [0.25, 0.3) is 0 Å². The zero-order valence-corrected chi connectivity index (χ0v) is 10.5. The highest BCUT2D eigenvalue weighted by molar-refractivity contribution is 5.59. The summed E-state index contributed by atoms with van der Waals surface area (Å²) in [7, 11) is 0. The molecule has 0 spiro atoms. The van der Waals surface area contributed by atoms with E-state index in [-0.39, 0.29) is 11.6 Å². The van der Waals surface area contributed by atoms with Gasteiger partial charge >= 0.3 is 0 Å². The van der Waals surface area contributed by atoms with Crippen LogP contribution in [0.1, 0.15) is 0 Å². The molecule has 2 aromatic carbocycles. The molecule has 0 aliphatic heterocycles. The molecule has 0 aliphatic rings. The zero-order chi connectivity index (χ0) is 13.8. The van der Waals surface area contributed by atoms with E-state index in [1.807, 2.05) is 18.2 Å². The van der Waals surface area contributed by atoms with Gasteiger partial charge in [-0.3, -0.25) is 0 Å². The van der Waals surface area contributed by atoms with E-state index in [2.05, 4.69) is 9.97 Å². The van der Waals surface area contributed by atoms with Crippen LogP contribution in [0.25, 0.3) is 11.3 Å². The lowest BCUT2D eigenvalue weighted by molar-refractivity contribution is 0.442. The zero-order valence-electron chi connectivity index (χ0n) is 10.5. The summed E-state index contributed by atoms with van der Waals surface area (Å²) in [4.78, 5) is 8.04. The molecule has 0 N–H and O–H groups in total. The van der Waals surface area contributed by atoms with Crippen molar-refractivity contribution in [2.24, 2.45) is 0 Å². The fourth-order valence-electron chi connectivity index (χ4n) is 1.81. The molecule has 0 radical (unpaired) electrons. The maximum Gasteiger partial charge on any atom is 0.165 e. The molecule has 4 heteroatoms. The minimum atomic E-state index is -0.382. The van der Waals surface area contributed by atoms with Crippen molar-refractivity contribution >= 4 is 0 Å². The van der Waals surface area contributed by atoms with Crippen molar-refractivity contribution in [3.8, 4) is 22.8 Å². The summed E-state index contributed by atoms with van der Waals surface area (Å²) in [5.74, 6) is 0.405. The topological polar surface area (TPSA) is 35.0 Å². The van der Waals surface area contributed by atoms with Gasteiger partial charge in [0.15, 0.2) is 11.6 Å². The van der Waals surface area contributed by atoms with Crippen LogP contribution in [0, 0.1) is 5.82 Å². The van der Waals surface area contributed by atoms with Crippen LogP contribution in [0.2, 0.25) is 0 Å². The van der Waals surface area contributed by atoms with Gasteiger partial charge in [0.05, 0.1) is 5.69 Å². The van der Waals surface area contributed by atoms with Crippen LogP contribution in [-0.4, -0.2) is 9.97 Å². The Morgan fingerprint density at radius 2 is 1.70 bits per heavy atom. The van der Waals surface area contributed by atoms with Crippen molar-refractivity contribution in [1.29, 1.82) is 0 Å². The molecule has 3 aromatic rings. The Morgan fingerprint density at radius 1 is 0.900 bits per heavy atom. The van der Waals surface area contributed by atoms with Gasteiger partial charge in [-0.15, -0.1) is 0 Å². The lowest BCUT2D eigenvalue weighted by atomic mass is 10.1. The molecule has 1 aromatic heterocycles. The molecule has 98 valence electrons. The molecule has 0 saturated carbocycles. The number of para-hydroxylation sites is 1. The van der Waals surface area contributed by atoms with E-state index in [1.54, 1.807) is 36.5 Å². The van der Waals surface area contributed by atoms with Crippen LogP contribution in [-0.2, 0) is 0 Å². The fourth-order valence-corrected chi connectivity index (χ4v) is 1.81. The Morgan fingerprint density at radius 3 is 2.40 bits per heavy atom. The maximum absolute atomic E-state index is 13.5. The van der Waals surface area contributed by atoms with Gasteiger partial charge < -0.3 is 4.74 Å².